The maximum atomic E-state index is 12.4. The highest BCUT2D eigenvalue weighted by Gasteiger charge is 2.21. The number of hydrogen-bond donors (Lipinski definition) is 3. The number of alkyl carbamates (subject to hydrolysis) is 1. The summed E-state index contributed by atoms with van der Waals surface area (Å²) in [4.78, 5) is 46.3. The molecule has 1 aromatic carbocycles. The number of likely N-dealkylation sites (N-methyl/N-ethyl adjacent to an activating group) is 1. The minimum atomic E-state index is -0.673. The van der Waals surface area contributed by atoms with Crippen molar-refractivity contribution in [1.29, 1.82) is 0 Å². The fourth-order valence-electron chi connectivity index (χ4n) is 4.65. The second-order valence-corrected chi connectivity index (χ2v) is 15.1. The molecule has 0 saturated heterocycles. The zero-order valence-electron chi connectivity index (χ0n) is 27.0. The van der Waals surface area contributed by atoms with E-state index in [0.29, 0.717) is 30.1 Å². The van der Waals surface area contributed by atoms with Crippen molar-refractivity contribution in [3.05, 3.63) is 75.8 Å². The van der Waals surface area contributed by atoms with Gasteiger partial charge in [0.05, 0.1) is 33.8 Å². The number of anilines is 2. The number of nitrogen functional groups attached to an aromatic ring is 1. The molecule has 252 valence electrons. The van der Waals surface area contributed by atoms with E-state index in [1.54, 1.807) is 60.9 Å². The molecule has 1 amide bonds. The molecule has 0 atom stereocenters. The summed E-state index contributed by atoms with van der Waals surface area (Å²) in [6.07, 6.45) is 2.60. The number of nitrogens with one attached hydrogen (secondary N) is 2. The molecule has 49 heavy (non-hydrogen) atoms. The minimum absolute atomic E-state index is 0.0436. The summed E-state index contributed by atoms with van der Waals surface area (Å²) in [5.41, 5.74) is 7.87. The predicted octanol–water partition coefficient (Wildman–Crippen LogP) is 6.97. The molecule has 5 heterocycles. The number of rotatable bonds is 11. The molecular formula is C33H32N8O5S3. The first-order valence-corrected chi connectivity index (χ1v) is 17.5. The Hall–Kier alpha value is -5.24. The molecule has 0 aliphatic carbocycles. The number of H-pyrrole nitrogens is 1. The third-order valence-electron chi connectivity index (χ3n) is 6.98. The molecule has 6 aromatic rings. The second kappa shape index (κ2) is 14.1. The largest absolute Gasteiger partial charge is 0.471 e. The Morgan fingerprint density at radius 1 is 1.08 bits per heavy atom. The standard InChI is InChI=1S/C33H32N8O5S3/c1-33(2,3)46-30(42)21(35-4)12-20-13-22-26(47-20)27-23(48-22)14-24(49-27)41(5)10-11-44-32(43)36-15-18-6-8-19(9-7-18)16-45-29-25-28(38-17-37-25)39-31(34)40-29/h6-9,12-14,17H,10-11,15-16H2,1-3,5H3,(H,36,43)(H3,34,37,38,39,40)/b21-12-. The molecular weight excluding hydrogens is 685 g/mol. The molecule has 5 aromatic heterocycles. The minimum Gasteiger partial charge on any atom is -0.471 e. The lowest BCUT2D eigenvalue weighted by molar-refractivity contribution is -0.149. The molecule has 0 aliphatic rings. The Morgan fingerprint density at radius 3 is 2.57 bits per heavy atom. The molecule has 4 N–H and O–H groups in total. The number of carbonyl (C=O) groups is 2. The van der Waals surface area contributed by atoms with Crippen molar-refractivity contribution in [3.63, 3.8) is 0 Å². The van der Waals surface area contributed by atoms with Crippen LogP contribution in [0.1, 0.15) is 36.8 Å². The fraction of sp³-hybridized carbons (Fsp3) is 0.273. The Kier molecular flexibility index (Phi) is 9.67. The molecule has 6 rings (SSSR count). The van der Waals surface area contributed by atoms with Crippen LogP contribution in [0.25, 0.3) is 40.9 Å². The van der Waals surface area contributed by atoms with Crippen molar-refractivity contribution in [3.8, 4) is 5.88 Å². The highest BCUT2D eigenvalue weighted by Crippen LogP contribution is 2.46. The van der Waals surface area contributed by atoms with Gasteiger partial charge in [0.25, 0.3) is 5.70 Å². The molecule has 0 saturated carbocycles. The first-order valence-electron chi connectivity index (χ1n) is 15.0. The van der Waals surface area contributed by atoms with Crippen LogP contribution in [0, 0.1) is 6.57 Å². The van der Waals surface area contributed by atoms with Crippen LogP contribution in [0.3, 0.4) is 0 Å². The van der Waals surface area contributed by atoms with Crippen LogP contribution in [0.2, 0.25) is 0 Å². The van der Waals surface area contributed by atoms with E-state index in [-0.39, 0.29) is 24.9 Å². The van der Waals surface area contributed by atoms with Crippen LogP contribution < -0.4 is 20.7 Å². The van der Waals surface area contributed by atoms with Gasteiger partial charge in [-0.15, -0.1) is 34.0 Å². The molecule has 0 aliphatic heterocycles. The van der Waals surface area contributed by atoms with Crippen LogP contribution in [0.4, 0.5) is 15.7 Å². The molecule has 0 unspecified atom stereocenters. The van der Waals surface area contributed by atoms with Gasteiger partial charge in [-0.25, -0.2) is 14.6 Å². The van der Waals surface area contributed by atoms with Crippen LogP contribution in [-0.4, -0.2) is 57.8 Å². The van der Waals surface area contributed by atoms with Gasteiger partial charge in [-0.3, -0.25) is 4.79 Å². The quantitative estimate of drug-likeness (QED) is 0.0725. The van der Waals surface area contributed by atoms with E-state index in [2.05, 4.69) is 41.1 Å². The Balaban J connectivity index is 0.968. The van der Waals surface area contributed by atoms with E-state index in [0.717, 1.165) is 39.8 Å². The van der Waals surface area contributed by atoms with Gasteiger partial charge in [0.2, 0.25) is 11.8 Å². The summed E-state index contributed by atoms with van der Waals surface area (Å²) in [6.45, 7) is 14.1. The zero-order chi connectivity index (χ0) is 34.7. The van der Waals surface area contributed by atoms with Crippen LogP contribution in [-0.2, 0) is 27.4 Å². The fourth-order valence-corrected chi connectivity index (χ4v) is 8.60. The summed E-state index contributed by atoms with van der Waals surface area (Å²) in [5, 5.41) is 3.84. The van der Waals surface area contributed by atoms with Gasteiger partial charge < -0.3 is 35.1 Å². The van der Waals surface area contributed by atoms with Crippen molar-refractivity contribution in [2.24, 2.45) is 0 Å². The number of nitrogens with two attached hydrogens (primary N) is 1. The van der Waals surface area contributed by atoms with Crippen molar-refractivity contribution in [2.75, 3.05) is 30.8 Å². The number of aromatic amines is 1. The Morgan fingerprint density at radius 2 is 1.82 bits per heavy atom. The van der Waals surface area contributed by atoms with Gasteiger partial charge >= 0.3 is 12.1 Å². The highest BCUT2D eigenvalue weighted by molar-refractivity contribution is 7.39. The number of imidazole rings is 1. The van der Waals surface area contributed by atoms with E-state index in [9.17, 15) is 9.59 Å². The summed E-state index contributed by atoms with van der Waals surface area (Å²) in [7, 11) is 1.96. The smallest absolute Gasteiger partial charge is 0.407 e. The predicted molar refractivity (Wildman–Crippen MR) is 194 cm³/mol. The maximum Gasteiger partial charge on any atom is 0.407 e. The third-order valence-corrected chi connectivity index (χ3v) is 10.8. The first kappa shape index (κ1) is 33.7. The maximum absolute atomic E-state index is 12.4. The van der Waals surface area contributed by atoms with Crippen molar-refractivity contribution < 1.29 is 23.8 Å². The normalized spacial score (nSPS) is 11.9. The number of hydrogen-bond acceptors (Lipinski definition) is 13. The zero-order valence-corrected chi connectivity index (χ0v) is 29.5. The number of esters is 1. The molecule has 0 fully saturated rings. The average Bonchev–Trinajstić information content (AvgIpc) is 3.83. The molecule has 16 heteroatoms. The van der Waals surface area contributed by atoms with E-state index < -0.39 is 17.7 Å². The second-order valence-electron chi connectivity index (χ2n) is 11.9. The number of nitrogens with zero attached hydrogens (tertiary/aromatic N) is 5. The van der Waals surface area contributed by atoms with Gasteiger partial charge in [-0.2, -0.15) is 9.97 Å². The van der Waals surface area contributed by atoms with E-state index >= 15 is 0 Å². The van der Waals surface area contributed by atoms with Crippen LogP contribution in [0.5, 0.6) is 5.88 Å². The van der Waals surface area contributed by atoms with E-state index in [1.807, 2.05) is 37.4 Å². The Bertz CT molecular complexity index is 2220. The number of aromatic nitrogens is 4. The number of benzene rings is 1. The summed E-state index contributed by atoms with van der Waals surface area (Å²) >= 11 is 4.87. The monoisotopic (exact) mass is 716 g/mol. The van der Waals surface area contributed by atoms with Crippen LogP contribution in [0.15, 0.2) is 48.4 Å². The molecule has 13 nitrogen and oxygen atoms in total. The summed E-state index contributed by atoms with van der Waals surface area (Å²) in [5.74, 6) is -0.212. The first-order chi connectivity index (χ1) is 23.5. The van der Waals surface area contributed by atoms with Gasteiger partial charge in [0.1, 0.15) is 24.3 Å². The third kappa shape index (κ3) is 8.08. The van der Waals surface area contributed by atoms with Crippen molar-refractivity contribution in [1.82, 2.24) is 25.3 Å². The van der Waals surface area contributed by atoms with Gasteiger partial charge in [0.15, 0.2) is 5.65 Å². The summed E-state index contributed by atoms with van der Waals surface area (Å²) < 4.78 is 21.2. The van der Waals surface area contributed by atoms with Gasteiger partial charge in [0, 0.05) is 27.9 Å². The average molecular weight is 717 g/mol. The van der Waals surface area contributed by atoms with Crippen LogP contribution >= 0.6 is 34.0 Å². The SMILES string of the molecule is [C-]#[N+]/C(=C\c1cc2sc3cc(N(C)CCOC(=O)NCc4ccc(COc5nc(N)nc6nc[nH]c56)cc4)sc3c2s1)C(=O)OC(C)(C)C. The molecule has 0 radical (unpaired) electrons. The number of amides is 1. The van der Waals surface area contributed by atoms with Crippen molar-refractivity contribution in [2.45, 2.75) is 39.5 Å². The topological polar surface area (TPSA) is 162 Å². The lowest BCUT2D eigenvalue weighted by atomic mass is 10.1. The van der Waals surface area contributed by atoms with Gasteiger partial charge in [-0.1, -0.05) is 24.3 Å². The molecule has 0 spiro atoms. The number of thiophene rings is 3. The molecule has 0 bridgehead atoms. The number of ether oxygens (including phenoxy) is 3. The number of fused-ring (bicyclic) bond motifs is 4. The van der Waals surface area contributed by atoms with Gasteiger partial charge in [-0.05, 0) is 50.1 Å². The lowest BCUT2D eigenvalue weighted by Gasteiger charge is -2.19. The highest BCUT2D eigenvalue weighted by atomic mass is 32.1. The van der Waals surface area contributed by atoms with Crippen molar-refractivity contribution >= 4 is 93.1 Å². The van der Waals surface area contributed by atoms with E-state index in [4.69, 9.17) is 26.5 Å². The summed E-state index contributed by atoms with van der Waals surface area (Å²) in [6, 6.07) is 11.8. The lowest BCUT2D eigenvalue weighted by Crippen LogP contribution is -2.28. The number of carbonyl (C=O) groups excluding carboxylic acids is 2. The Labute approximate surface area is 293 Å². The van der Waals surface area contributed by atoms with E-state index in [1.165, 1.54) is 6.33 Å².